The molecule has 1 saturated carbocycles. The monoisotopic (exact) mass is 279 g/mol. The van der Waals surface area contributed by atoms with Gasteiger partial charge in [0.2, 0.25) is 0 Å². The average molecular weight is 279 g/mol. The largest absolute Gasteiger partial charge is 0.370 e. The second kappa shape index (κ2) is 6.80. The van der Waals surface area contributed by atoms with Crippen LogP contribution in [0.25, 0.3) is 0 Å². The van der Waals surface area contributed by atoms with Gasteiger partial charge in [-0.1, -0.05) is 6.42 Å². The Kier molecular flexibility index (Phi) is 5.07. The van der Waals surface area contributed by atoms with Crippen molar-refractivity contribution in [3.8, 4) is 0 Å². The van der Waals surface area contributed by atoms with E-state index in [9.17, 15) is 4.79 Å². The molecule has 1 aliphatic carbocycles. The Hall–Kier alpha value is -1.23. The van der Waals surface area contributed by atoms with Gasteiger partial charge in [-0.15, -0.1) is 0 Å². The maximum Gasteiger partial charge on any atom is 0.255 e. The van der Waals surface area contributed by atoms with Gasteiger partial charge < -0.3 is 10.6 Å². The molecule has 0 saturated heterocycles. The number of hydrogen-bond acceptors (Lipinski definition) is 4. The van der Waals surface area contributed by atoms with E-state index in [2.05, 4.69) is 21.9 Å². The number of aromatic nitrogens is 1. The molecule has 2 unspecified atom stereocenters. The standard InChI is InChI=1S/C14H21N3OS/c1-3-15-13-10(6-5-9-16-13)14(18)17-11-7-4-8-12(11)19-2/h5-6,9,11-12H,3-4,7-8H2,1-2H3,(H,15,16)(H,17,18). The van der Waals surface area contributed by atoms with E-state index in [0.717, 1.165) is 13.0 Å². The van der Waals surface area contributed by atoms with Crippen LogP contribution in [0.2, 0.25) is 0 Å². The molecule has 104 valence electrons. The molecular formula is C14H21N3OS. The van der Waals surface area contributed by atoms with E-state index >= 15 is 0 Å². The summed E-state index contributed by atoms with van der Waals surface area (Å²) in [6.07, 6.45) is 7.29. The molecule has 0 radical (unpaired) electrons. The molecule has 5 heteroatoms. The molecule has 1 aromatic rings. The van der Waals surface area contributed by atoms with Crippen LogP contribution in [0.5, 0.6) is 0 Å². The van der Waals surface area contributed by atoms with E-state index in [-0.39, 0.29) is 11.9 Å². The van der Waals surface area contributed by atoms with Crippen molar-refractivity contribution in [2.45, 2.75) is 37.5 Å². The van der Waals surface area contributed by atoms with Crippen LogP contribution in [-0.4, -0.2) is 35.0 Å². The third-order valence-corrected chi connectivity index (χ3v) is 4.64. The number of nitrogens with one attached hydrogen (secondary N) is 2. The molecule has 2 N–H and O–H groups in total. The maximum absolute atomic E-state index is 12.4. The lowest BCUT2D eigenvalue weighted by Gasteiger charge is -2.19. The lowest BCUT2D eigenvalue weighted by molar-refractivity contribution is 0.0939. The van der Waals surface area contributed by atoms with Crippen LogP contribution < -0.4 is 10.6 Å². The first-order valence-electron chi connectivity index (χ1n) is 6.78. The summed E-state index contributed by atoms with van der Waals surface area (Å²) in [7, 11) is 0. The van der Waals surface area contributed by atoms with Crippen molar-refractivity contribution in [2.75, 3.05) is 18.1 Å². The molecule has 2 rings (SSSR count). The van der Waals surface area contributed by atoms with Crippen molar-refractivity contribution in [2.24, 2.45) is 0 Å². The van der Waals surface area contributed by atoms with Crippen LogP contribution in [0, 0.1) is 0 Å². The van der Waals surface area contributed by atoms with Gasteiger partial charge in [0, 0.05) is 24.0 Å². The Bertz CT molecular complexity index is 438. The van der Waals surface area contributed by atoms with Gasteiger partial charge in [0.25, 0.3) is 5.91 Å². The number of pyridine rings is 1. The van der Waals surface area contributed by atoms with E-state index in [4.69, 9.17) is 0 Å². The van der Waals surface area contributed by atoms with Gasteiger partial charge in [-0.2, -0.15) is 11.8 Å². The summed E-state index contributed by atoms with van der Waals surface area (Å²) >= 11 is 1.85. The van der Waals surface area contributed by atoms with Crippen molar-refractivity contribution in [1.82, 2.24) is 10.3 Å². The van der Waals surface area contributed by atoms with Gasteiger partial charge >= 0.3 is 0 Å². The normalized spacial score (nSPS) is 22.2. The van der Waals surface area contributed by atoms with Crippen LogP contribution in [0.15, 0.2) is 18.3 Å². The number of amides is 1. The summed E-state index contributed by atoms with van der Waals surface area (Å²) in [4.78, 5) is 16.6. The van der Waals surface area contributed by atoms with Crippen LogP contribution in [0.3, 0.4) is 0 Å². The molecule has 1 aromatic heterocycles. The number of hydrogen-bond donors (Lipinski definition) is 2. The number of thioether (sulfide) groups is 1. The third kappa shape index (κ3) is 3.41. The molecule has 0 bridgehead atoms. The highest BCUT2D eigenvalue weighted by Gasteiger charge is 2.28. The van der Waals surface area contributed by atoms with Crippen molar-refractivity contribution in [3.63, 3.8) is 0 Å². The summed E-state index contributed by atoms with van der Waals surface area (Å²) in [5.74, 6) is 0.649. The first-order chi connectivity index (χ1) is 9.26. The van der Waals surface area contributed by atoms with Gasteiger partial charge in [0.05, 0.1) is 5.56 Å². The average Bonchev–Trinajstić information content (AvgIpc) is 2.87. The third-order valence-electron chi connectivity index (χ3n) is 3.47. The van der Waals surface area contributed by atoms with E-state index in [1.54, 1.807) is 12.3 Å². The van der Waals surface area contributed by atoms with Crippen LogP contribution in [0.4, 0.5) is 5.82 Å². The Morgan fingerprint density at radius 1 is 1.53 bits per heavy atom. The zero-order valence-electron chi connectivity index (χ0n) is 11.5. The molecular weight excluding hydrogens is 258 g/mol. The predicted octanol–water partition coefficient (Wildman–Crippen LogP) is 2.53. The fraction of sp³-hybridized carbons (Fsp3) is 0.571. The number of carbonyl (C=O) groups is 1. The van der Waals surface area contributed by atoms with Gasteiger partial charge in [0.15, 0.2) is 0 Å². The molecule has 1 heterocycles. The fourth-order valence-electron chi connectivity index (χ4n) is 2.52. The molecule has 4 nitrogen and oxygen atoms in total. The van der Waals surface area contributed by atoms with Gasteiger partial charge in [-0.25, -0.2) is 4.98 Å². The second-order valence-electron chi connectivity index (χ2n) is 4.71. The van der Waals surface area contributed by atoms with Crippen LogP contribution >= 0.6 is 11.8 Å². The molecule has 1 fully saturated rings. The number of carbonyl (C=O) groups excluding carboxylic acids is 1. The van der Waals surface area contributed by atoms with E-state index in [1.807, 2.05) is 24.8 Å². The lowest BCUT2D eigenvalue weighted by atomic mass is 10.2. The number of anilines is 1. The predicted molar refractivity (Wildman–Crippen MR) is 80.8 cm³/mol. The molecule has 0 aromatic carbocycles. The maximum atomic E-state index is 12.4. The Morgan fingerprint density at radius 2 is 2.37 bits per heavy atom. The smallest absolute Gasteiger partial charge is 0.255 e. The first-order valence-corrected chi connectivity index (χ1v) is 8.07. The zero-order chi connectivity index (χ0) is 13.7. The Balaban J connectivity index is 2.07. The number of rotatable bonds is 5. The highest BCUT2D eigenvalue weighted by atomic mass is 32.2. The summed E-state index contributed by atoms with van der Waals surface area (Å²) in [5.41, 5.74) is 0.635. The second-order valence-corrected chi connectivity index (χ2v) is 5.79. The summed E-state index contributed by atoms with van der Waals surface area (Å²) < 4.78 is 0. The highest BCUT2D eigenvalue weighted by molar-refractivity contribution is 7.99. The zero-order valence-corrected chi connectivity index (χ0v) is 12.3. The topological polar surface area (TPSA) is 54.0 Å². The summed E-state index contributed by atoms with van der Waals surface area (Å²) in [6, 6.07) is 3.91. The minimum atomic E-state index is -0.0185. The van der Waals surface area contributed by atoms with E-state index in [0.29, 0.717) is 16.6 Å². The fourth-order valence-corrected chi connectivity index (χ4v) is 3.45. The minimum absolute atomic E-state index is 0.0185. The van der Waals surface area contributed by atoms with E-state index < -0.39 is 0 Å². The molecule has 1 aliphatic rings. The minimum Gasteiger partial charge on any atom is -0.370 e. The molecule has 2 atom stereocenters. The van der Waals surface area contributed by atoms with E-state index in [1.165, 1.54) is 12.8 Å². The number of nitrogens with zero attached hydrogens (tertiary/aromatic N) is 1. The Labute approximate surface area is 118 Å². The molecule has 0 aliphatic heterocycles. The van der Waals surface area contributed by atoms with Crippen molar-refractivity contribution in [1.29, 1.82) is 0 Å². The highest BCUT2D eigenvalue weighted by Crippen LogP contribution is 2.28. The van der Waals surface area contributed by atoms with Gasteiger partial charge in [-0.3, -0.25) is 4.79 Å². The van der Waals surface area contributed by atoms with Crippen LogP contribution in [-0.2, 0) is 0 Å². The molecule has 0 spiro atoms. The summed E-state index contributed by atoms with van der Waals surface area (Å²) in [5, 5.41) is 6.83. The first kappa shape index (κ1) is 14.2. The van der Waals surface area contributed by atoms with Gasteiger partial charge in [-0.05, 0) is 38.2 Å². The van der Waals surface area contributed by atoms with Crippen LogP contribution in [0.1, 0.15) is 36.5 Å². The van der Waals surface area contributed by atoms with Gasteiger partial charge in [0.1, 0.15) is 5.82 Å². The SMILES string of the molecule is CCNc1ncccc1C(=O)NC1CCCC1SC. The van der Waals surface area contributed by atoms with Crippen molar-refractivity contribution >= 4 is 23.5 Å². The molecule has 19 heavy (non-hydrogen) atoms. The van der Waals surface area contributed by atoms with Crippen molar-refractivity contribution in [3.05, 3.63) is 23.9 Å². The summed E-state index contributed by atoms with van der Waals surface area (Å²) in [6.45, 7) is 2.76. The quantitative estimate of drug-likeness (QED) is 0.869. The lowest BCUT2D eigenvalue weighted by Crippen LogP contribution is -2.39. The van der Waals surface area contributed by atoms with Crippen molar-refractivity contribution < 1.29 is 4.79 Å². The molecule has 1 amide bonds. The Morgan fingerprint density at radius 3 is 3.11 bits per heavy atom.